The van der Waals surface area contributed by atoms with Crippen molar-refractivity contribution in [2.45, 2.75) is 24.5 Å². The Balaban J connectivity index is 2.16. The Bertz CT molecular complexity index is 740. The molecule has 0 unspecified atom stereocenters. The van der Waals surface area contributed by atoms with Crippen molar-refractivity contribution in [3.63, 3.8) is 0 Å². The number of aryl methyl sites for hydroxylation is 1. The molecule has 1 aliphatic heterocycles. The van der Waals surface area contributed by atoms with Crippen LogP contribution < -0.4 is 11.3 Å². The van der Waals surface area contributed by atoms with Gasteiger partial charge in [0.1, 0.15) is 18.3 Å². The predicted molar refractivity (Wildman–Crippen MR) is 70.2 cm³/mol. The van der Waals surface area contributed by atoms with Gasteiger partial charge < -0.3 is 25.8 Å². The van der Waals surface area contributed by atoms with E-state index < -0.39 is 36.7 Å². The van der Waals surface area contributed by atoms with E-state index in [0.717, 1.165) is 0 Å². The van der Waals surface area contributed by atoms with Crippen LogP contribution in [-0.4, -0.2) is 59.3 Å². The molecule has 0 radical (unpaired) electrons. The quantitative estimate of drug-likeness (QED) is 0.468. The molecule has 0 spiro atoms. The molecule has 3 rings (SSSR count). The average Bonchev–Trinajstić information content (AvgIpc) is 3.00. The molecular formula is C11H15N5O5. The van der Waals surface area contributed by atoms with Gasteiger partial charge in [-0.3, -0.25) is 13.9 Å². The molecule has 0 aromatic carbocycles. The van der Waals surface area contributed by atoms with Gasteiger partial charge in [0.25, 0.3) is 0 Å². The third-order valence-electron chi connectivity index (χ3n) is 3.64. The lowest BCUT2D eigenvalue weighted by Gasteiger charge is -2.18. The maximum absolute atomic E-state index is 11.8. The smallest absolute Gasteiger partial charge is 0.302 e. The van der Waals surface area contributed by atoms with Gasteiger partial charge in [-0.25, -0.2) is 4.98 Å². The number of nitrogens with two attached hydrogens (primary N) is 1. The van der Waals surface area contributed by atoms with Crippen LogP contribution in [0.1, 0.15) is 6.23 Å². The molecule has 2 aromatic rings. The summed E-state index contributed by atoms with van der Waals surface area (Å²) in [6, 6.07) is 0. The minimum absolute atomic E-state index is 0.0130. The molecule has 1 fully saturated rings. The zero-order chi connectivity index (χ0) is 15.3. The summed E-state index contributed by atoms with van der Waals surface area (Å²) in [5.41, 5.74) is 5.44. The second-order valence-corrected chi connectivity index (χ2v) is 4.89. The zero-order valence-electron chi connectivity index (χ0n) is 11.1. The Morgan fingerprint density at radius 1 is 1.43 bits per heavy atom. The maximum atomic E-state index is 11.8. The van der Waals surface area contributed by atoms with E-state index >= 15 is 0 Å². The molecular weight excluding hydrogens is 282 g/mol. The van der Waals surface area contributed by atoms with Crippen LogP contribution in [0.2, 0.25) is 0 Å². The Morgan fingerprint density at radius 2 is 2.14 bits per heavy atom. The van der Waals surface area contributed by atoms with Crippen molar-refractivity contribution >= 4 is 17.1 Å². The number of imidazole rings is 1. The maximum Gasteiger partial charge on any atom is 0.302 e. The van der Waals surface area contributed by atoms with Crippen molar-refractivity contribution in [3.8, 4) is 0 Å². The molecule has 1 aliphatic rings. The first-order valence-corrected chi connectivity index (χ1v) is 6.27. The van der Waals surface area contributed by atoms with Crippen molar-refractivity contribution < 1.29 is 20.1 Å². The van der Waals surface area contributed by atoms with Crippen LogP contribution in [0, 0.1) is 0 Å². The van der Waals surface area contributed by atoms with E-state index in [9.17, 15) is 15.0 Å². The molecule has 0 saturated carbocycles. The van der Waals surface area contributed by atoms with Gasteiger partial charge in [-0.15, -0.1) is 0 Å². The van der Waals surface area contributed by atoms with Crippen LogP contribution in [0.5, 0.6) is 0 Å². The normalized spacial score (nSPS) is 29.3. The molecule has 0 bridgehead atoms. The van der Waals surface area contributed by atoms with Crippen LogP contribution in [0.15, 0.2) is 11.1 Å². The van der Waals surface area contributed by atoms with Gasteiger partial charge in [-0.2, -0.15) is 4.98 Å². The highest BCUT2D eigenvalue weighted by Gasteiger charge is 2.44. The van der Waals surface area contributed by atoms with E-state index in [2.05, 4.69) is 9.97 Å². The Labute approximate surface area is 118 Å². The summed E-state index contributed by atoms with van der Waals surface area (Å²) >= 11 is 0. The van der Waals surface area contributed by atoms with E-state index in [1.165, 1.54) is 15.5 Å². The number of ether oxygens (including phenoxy) is 1. The second kappa shape index (κ2) is 4.77. The number of rotatable bonds is 2. The van der Waals surface area contributed by atoms with Crippen LogP contribution in [0.3, 0.4) is 0 Å². The van der Waals surface area contributed by atoms with Gasteiger partial charge in [-0.1, -0.05) is 0 Å². The van der Waals surface area contributed by atoms with Gasteiger partial charge in [0.15, 0.2) is 17.4 Å². The summed E-state index contributed by atoms with van der Waals surface area (Å²) < 4.78 is 8.23. The second-order valence-electron chi connectivity index (χ2n) is 4.89. The molecule has 2 aromatic heterocycles. The molecule has 0 amide bonds. The first-order valence-electron chi connectivity index (χ1n) is 6.27. The van der Waals surface area contributed by atoms with Crippen LogP contribution in [-0.2, 0) is 11.8 Å². The lowest BCUT2D eigenvalue weighted by Crippen LogP contribution is -2.33. The van der Waals surface area contributed by atoms with Gasteiger partial charge in [-0.05, 0) is 0 Å². The zero-order valence-corrected chi connectivity index (χ0v) is 11.1. The minimum atomic E-state index is -1.27. The summed E-state index contributed by atoms with van der Waals surface area (Å²) in [4.78, 5) is 19.3. The number of anilines is 1. The molecule has 5 N–H and O–H groups in total. The fourth-order valence-corrected chi connectivity index (χ4v) is 2.47. The summed E-state index contributed by atoms with van der Waals surface area (Å²) in [5, 5.41) is 29.0. The lowest BCUT2D eigenvalue weighted by atomic mass is 10.1. The van der Waals surface area contributed by atoms with E-state index in [1.807, 2.05) is 0 Å². The number of aliphatic hydroxyl groups is 3. The lowest BCUT2D eigenvalue weighted by molar-refractivity contribution is -0.0512. The topological polar surface area (TPSA) is 149 Å². The van der Waals surface area contributed by atoms with Crippen molar-refractivity contribution in [1.82, 2.24) is 19.1 Å². The van der Waals surface area contributed by atoms with Crippen LogP contribution in [0.25, 0.3) is 11.2 Å². The molecule has 3 heterocycles. The highest BCUT2D eigenvalue weighted by Crippen LogP contribution is 2.31. The molecule has 4 atom stereocenters. The van der Waals surface area contributed by atoms with Crippen LogP contribution >= 0.6 is 0 Å². The van der Waals surface area contributed by atoms with Crippen LogP contribution in [0.4, 0.5) is 5.95 Å². The molecule has 10 heteroatoms. The molecule has 21 heavy (non-hydrogen) atoms. The number of aromatic nitrogens is 4. The molecule has 1 saturated heterocycles. The van der Waals surface area contributed by atoms with Gasteiger partial charge in [0.05, 0.1) is 12.9 Å². The highest BCUT2D eigenvalue weighted by molar-refractivity contribution is 5.71. The van der Waals surface area contributed by atoms with Crippen molar-refractivity contribution in [1.29, 1.82) is 0 Å². The molecule has 0 aliphatic carbocycles. The first kappa shape index (κ1) is 13.9. The summed E-state index contributed by atoms with van der Waals surface area (Å²) in [6.07, 6.45) is -3.13. The fraction of sp³-hybridized carbons (Fsp3) is 0.545. The van der Waals surface area contributed by atoms with E-state index in [4.69, 9.17) is 15.6 Å². The van der Waals surface area contributed by atoms with E-state index in [1.54, 1.807) is 7.05 Å². The van der Waals surface area contributed by atoms with Gasteiger partial charge in [0, 0.05) is 7.05 Å². The van der Waals surface area contributed by atoms with E-state index in [0.29, 0.717) is 5.65 Å². The number of hydrogen-bond acceptors (Lipinski definition) is 8. The first-order chi connectivity index (χ1) is 9.95. The third-order valence-corrected chi connectivity index (χ3v) is 3.64. The standard InChI is InChI=1S/C11H15N5O5/c1-15-9-5(8(20)14-11(15)12)13-3-16(9)10-7(19)6(18)4(2-17)21-10/h3-4,6-7,10,17-19H,2H2,1H3,(H2,12,14,20)/t4-,6-,7-,10-/m1/s1. The van der Waals surface area contributed by atoms with E-state index in [-0.39, 0.29) is 11.5 Å². The van der Waals surface area contributed by atoms with Crippen molar-refractivity contribution in [3.05, 3.63) is 16.7 Å². The minimum Gasteiger partial charge on any atom is -0.394 e. The number of nitrogens with zero attached hydrogens (tertiary/aromatic N) is 4. The Morgan fingerprint density at radius 3 is 2.76 bits per heavy atom. The van der Waals surface area contributed by atoms with Crippen molar-refractivity contribution in [2.75, 3.05) is 12.3 Å². The number of nitrogen functional groups attached to an aromatic ring is 1. The van der Waals surface area contributed by atoms with Gasteiger partial charge >= 0.3 is 5.56 Å². The summed E-state index contributed by atoms with van der Waals surface area (Å²) in [7, 11) is 1.59. The largest absolute Gasteiger partial charge is 0.394 e. The van der Waals surface area contributed by atoms with Gasteiger partial charge in [0.2, 0.25) is 5.95 Å². The number of hydrogen-bond donors (Lipinski definition) is 4. The molecule has 114 valence electrons. The average molecular weight is 297 g/mol. The Hall–Kier alpha value is -2.01. The Kier molecular flexibility index (Phi) is 3.17. The SMILES string of the molecule is Cn1c(N)nc(=O)c2ncn([C@@H]3O[C@H](CO)[C@@H](O)[C@H]3O)c21. The summed E-state index contributed by atoms with van der Waals surface area (Å²) in [6.45, 7) is -0.440. The third kappa shape index (κ3) is 1.92. The highest BCUT2D eigenvalue weighted by atomic mass is 16.6. The molecule has 10 nitrogen and oxygen atoms in total. The van der Waals surface area contributed by atoms with Crippen molar-refractivity contribution in [2.24, 2.45) is 7.05 Å². The predicted octanol–water partition coefficient (Wildman–Crippen LogP) is -2.68. The fourth-order valence-electron chi connectivity index (χ4n) is 2.47. The number of aliphatic hydroxyl groups excluding tert-OH is 3. The monoisotopic (exact) mass is 297 g/mol. The number of fused-ring (bicyclic) bond motifs is 1. The summed E-state index contributed by atoms with van der Waals surface area (Å²) in [5.74, 6) is -0.0130.